The molecule has 1 aromatic rings. The molecule has 1 aromatic carbocycles. The molecular weight excluding hydrogens is 208 g/mol. The van der Waals surface area contributed by atoms with Gasteiger partial charge < -0.3 is 4.74 Å². The van der Waals surface area contributed by atoms with Crippen molar-refractivity contribution in [2.45, 2.75) is 4.64 Å². The lowest BCUT2D eigenvalue weighted by molar-refractivity contribution is 0.365. The zero-order chi connectivity index (χ0) is 7.40. The monoisotopic (exact) mass is 216 g/mol. The normalized spacial score (nSPS) is 12.9. The van der Waals surface area contributed by atoms with E-state index in [4.69, 9.17) is 4.74 Å². The summed E-state index contributed by atoms with van der Waals surface area (Å²) in [4.78, 5) is 0. The maximum atomic E-state index is 5.39. The van der Waals surface area contributed by atoms with Crippen LogP contribution >= 0.6 is 15.9 Å². The largest absolute Gasteiger partial charge is 0.484 e. The van der Waals surface area contributed by atoms with E-state index in [1.807, 2.05) is 30.3 Å². The molecule has 10 heavy (non-hydrogen) atoms. The predicted octanol–water partition coefficient (Wildman–Crippen LogP) is 1.11. The number of halogens is 1. The molecule has 0 saturated heterocycles. The molecule has 0 aliphatic carbocycles. The van der Waals surface area contributed by atoms with Crippen molar-refractivity contribution >= 4 is 26.2 Å². The molecule has 0 N–H and O–H groups in total. The number of benzene rings is 1. The highest BCUT2D eigenvalue weighted by Gasteiger charge is 1.94. The molecule has 0 aliphatic rings. The number of rotatable bonds is 2. The van der Waals surface area contributed by atoms with Crippen molar-refractivity contribution in [3.8, 4) is 5.75 Å². The van der Waals surface area contributed by atoms with Crippen LogP contribution in [0.5, 0.6) is 5.75 Å². The quantitative estimate of drug-likeness (QED) is 0.532. The van der Waals surface area contributed by atoms with Crippen molar-refractivity contribution < 1.29 is 4.74 Å². The Morgan fingerprint density at radius 2 is 1.90 bits per heavy atom. The van der Waals surface area contributed by atoms with Gasteiger partial charge in [0.2, 0.25) is 0 Å². The van der Waals surface area contributed by atoms with Crippen molar-refractivity contribution in [1.82, 2.24) is 0 Å². The van der Waals surface area contributed by atoms with Crippen molar-refractivity contribution in [3.63, 3.8) is 0 Å². The van der Waals surface area contributed by atoms with Crippen molar-refractivity contribution in [3.05, 3.63) is 30.3 Å². The van der Waals surface area contributed by atoms with Crippen LogP contribution in [-0.2, 0) is 0 Å². The Labute approximate surface area is 71.9 Å². The van der Waals surface area contributed by atoms with Crippen LogP contribution in [0.15, 0.2) is 30.3 Å². The van der Waals surface area contributed by atoms with Crippen LogP contribution in [0.1, 0.15) is 0 Å². The third kappa shape index (κ3) is 2.54. The Morgan fingerprint density at radius 3 is 2.40 bits per heavy atom. The second-order valence-electron chi connectivity index (χ2n) is 1.97. The number of hydrogen-bond acceptors (Lipinski definition) is 1. The Morgan fingerprint density at radius 1 is 1.30 bits per heavy atom. The molecule has 0 bridgehead atoms. The van der Waals surface area contributed by atoms with Crippen molar-refractivity contribution in [1.29, 1.82) is 0 Å². The van der Waals surface area contributed by atoms with E-state index in [-0.39, 0.29) is 4.64 Å². The molecule has 1 atom stereocenters. The van der Waals surface area contributed by atoms with Crippen LogP contribution in [0.3, 0.4) is 0 Å². The molecule has 1 unspecified atom stereocenters. The topological polar surface area (TPSA) is 9.23 Å². The maximum Gasteiger partial charge on any atom is 0.129 e. The van der Waals surface area contributed by atoms with Crippen LogP contribution in [0.4, 0.5) is 0 Å². The van der Waals surface area contributed by atoms with E-state index in [9.17, 15) is 0 Å². The van der Waals surface area contributed by atoms with Crippen LogP contribution in [0.2, 0.25) is 0 Å². The molecule has 0 fully saturated rings. The molecule has 0 heterocycles. The first-order valence-electron chi connectivity index (χ1n) is 3.15. The van der Waals surface area contributed by atoms with Crippen LogP contribution in [0.25, 0.3) is 0 Å². The summed E-state index contributed by atoms with van der Waals surface area (Å²) in [6.07, 6.45) is 0. The minimum absolute atomic E-state index is 0.217. The van der Waals surface area contributed by atoms with Gasteiger partial charge >= 0.3 is 0 Å². The van der Waals surface area contributed by atoms with Crippen LogP contribution in [0, 0.1) is 0 Å². The third-order valence-electron chi connectivity index (χ3n) is 1.04. The average molecular weight is 217 g/mol. The lowest BCUT2D eigenvalue weighted by atomic mass is 10.3. The van der Waals surface area contributed by atoms with E-state index in [1.165, 1.54) is 0 Å². The molecule has 0 radical (unpaired) electrons. The fourth-order valence-corrected chi connectivity index (χ4v) is 1.17. The zero-order valence-corrected chi connectivity index (χ0v) is 9.34. The van der Waals surface area contributed by atoms with Gasteiger partial charge in [-0.05, 0) is 28.1 Å². The molecule has 1 rings (SSSR count). The van der Waals surface area contributed by atoms with Crippen molar-refractivity contribution in [2.75, 3.05) is 0 Å². The first kappa shape index (κ1) is 7.82. The zero-order valence-electron chi connectivity index (χ0n) is 5.75. The van der Waals surface area contributed by atoms with E-state index in [2.05, 4.69) is 15.9 Å². The fourth-order valence-electron chi connectivity index (χ4n) is 0.687. The minimum atomic E-state index is 0.217. The van der Waals surface area contributed by atoms with E-state index in [0.717, 1.165) is 16.0 Å². The van der Waals surface area contributed by atoms with Gasteiger partial charge in [0, 0.05) is 0 Å². The summed E-state index contributed by atoms with van der Waals surface area (Å²) in [7, 11) is 0.998. The van der Waals surface area contributed by atoms with Gasteiger partial charge in [0.25, 0.3) is 0 Å². The minimum Gasteiger partial charge on any atom is -0.484 e. The van der Waals surface area contributed by atoms with Gasteiger partial charge in [0.15, 0.2) is 0 Å². The SMILES string of the molecule is [SiH3]C(Br)Oc1ccccc1. The standard InChI is InChI=1S/C7H9BrOSi/c8-7(10)9-6-4-2-1-3-5-6/h1-5,7H,10H3. The predicted molar refractivity (Wildman–Crippen MR) is 49.7 cm³/mol. The van der Waals surface area contributed by atoms with Gasteiger partial charge in [-0.25, -0.2) is 0 Å². The molecule has 0 spiro atoms. The molecule has 0 aliphatic heterocycles. The summed E-state index contributed by atoms with van der Waals surface area (Å²) < 4.78 is 5.61. The fraction of sp³-hybridized carbons (Fsp3) is 0.143. The van der Waals surface area contributed by atoms with E-state index >= 15 is 0 Å². The summed E-state index contributed by atoms with van der Waals surface area (Å²) in [5, 5.41) is 0. The summed E-state index contributed by atoms with van der Waals surface area (Å²) in [6, 6.07) is 9.81. The number of hydrogen-bond donors (Lipinski definition) is 0. The molecule has 0 saturated carbocycles. The lowest BCUT2D eigenvalue weighted by Gasteiger charge is -2.06. The lowest BCUT2D eigenvalue weighted by Crippen LogP contribution is -2.06. The average Bonchev–Trinajstić information content (AvgIpc) is 1.88. The Hall–Kier alpha value is -0.283. The summed E-state index contributed by atoms with van der Waals surface area (Å²) in [6.45, 7) is 0. The number of para-hydroxylation sites is 1. The Kier molecular flexibility index (Phi) is 2.96. The van der Waals surface area contributed by atoms with E-state index < -0.39 is 0 Å². The molecule has 0 aromatic heterocycles. The number of ether oxygens (including phenoxy) is 1. The molecular formula is C7H9BrOSi. The van der Waals surface area contributed by atoms with Gasteiger partial charge in [0.05, 0.1) is 10.2 Å². The number of alkyl halides is 1. The summed E-state index contributed by atoms with van der Waals surface area (Å²) in [5.74, 6) is 0.930. The van der Waals surface area contributed by atoms with Gasteiger partial charge in [0.1, 0.15) is 10.4 Å². The van der Waals surface area contributed by atoms with Gasteiger partial charge in [-0.3, -0.25) is 0 Å². The highest BCUT2D eigenvalue weighted by molar-refractivity contribution is 9.10. The first-order valence-corrected chi connectivity index (χ1v) is 5.22. The highest BCUT2D eigenvalue weighted by Crippen LogP contribution is 2.11. The third-order valence-corrected chi connectivity index (χ3v) is 1.46. The first-order chi connectivity index (χ1) is 4.79. The second-order valence-corrected chi connectivity index (χ2v) is 6.00. The van der Waals surface area contributed by atoms with Crippen LogP contribution < -0.4 is 4.74 Å². The summed E-state index contributed by atoms with van der Waals surface area (Å²) in [5.41, 5.74) is 0. The van der Waals surface area contributed by atoms with Crippen LogP contribution in [-0.4, -0.2) is 14.9 Å². The van der Waals surface area contributed by atoms with Gasteiger partial charge in [-0.1, -0.05) is 18.2 Å². The maximum absolute atomic E-state index is 5.39. The van der Waals surface area contributed by atoms with Gasteiger partial charge in [-0.2, -0.15) is 0 Å². The second kappa shape index (κ2) is 3.78. The van der Waals surface area contributed by atoms with E-state index in [1.54, 1.807) is 0 Å². The molecule has 1 nitrogen and oxygen atoms in total. The van der Waals surface area contributed by atoms with Gasteiger partial charge in [-0.15, -0.1) is 0 Å². The van der Waals surface area contributed by atoms with Crippen molar-refractivity contribution in [2.24, 2.45) is 0 Å². The molecule has 3 heteroatoms. The van der Waals surface area contributed by atoms with E-state index in [0.29, 0.717) is 0 Å². The molecule has 0 amide bonds. The smallest absolute Gasteiger partial charge is 0.129 e. The highest BCUT2D eigenvalue weighted by atomic mass is 79.9. The summed E-state index contributed by atoms with van der Waals surface area (Å²) >= 11 is 3.35. The molecule has 54 valence electrons. The Bertz CT molecular complexity index is 188. The Balaban J connectivity index is 2.59.